The molecule has 3 atom stereocenters. The molecular weight excluding hydrogens is 697 g/mol. The maximum absolute atomic E-state index is 2.58. The van der Waals surface area contributed by atoms with E-state index in [-0.39, 0.29) is 0 Å². The Kier molecular flexibility index (Phi) is 8.44. The lowest BCUT2D eigenvalue weighted by molar-refractivity contribution is 0.553. The van der Waals surface area contributed by atoms with Gasteiger partial charge in [0.25, 0.3) is 0 Å². The number of hydrogen-bond donors (Lipinski definition) is 0. The van der Waals surface area contributed by atoms with Crippen molar-refractivity contribution in [1.82, 2.24) is 0 Å². The van der Waals surface area contributed by atoms with Gasteiger partial charge in [-0.15, -0.1) is 0 Å². The van der Waals surface area contributed by atoms with Crippen LogP contribution in [0.25, 0.3) is 38.6 Å². The third kappa shape index (κ3) is 5.57. The maximum atomic E-state index is 2.58. The molecule has 7 aromatic carbocycles. The van der Waals surface area contributed by atoms with Crippen LogP contribution in [0.3, 0.4) is 0 Å². The van der Waals surface area contributed by atoms with Crippen LogP contribution in [0.15, 0.2) is 193 Å². The highest BCUT2D eigenvalue weighted by Crippen LogP contribution is 2.59. The average Bonchev–Trinajstić information content (AvgIpc) is 3.57. The van der Waals surface area contributed by atoms with E-state index >= 15 is 0 Å². The Morgan fingerprint density at radius 3 is 2.10 bits per heavy atom. The van der Waals surface area contributed by atoms with Crippen LogP contribution in [0, 0.1) is 12.8 Å². The first kappa shape index (κ1) is 35.0. The summed E-state index contributed by atoms with van der Waals surface area (Å²) in [7, 11) is 0. The van der Waals surface area contributed by atoms with E-state index in [9.17, 15) is 0 Å². The van der Waals surface area contributed by atoms with E-state index in [2.05, 4.69) is 196 Å². The van der Waals surface area contributed by atoms with Crippen LogP contribution in [-0.4, -0.2) is 0 Å². The van der Waals surface area contributed by atoms with Gasteiger partial charge in [-0.3, -0.25) is 0 Å². The molecule has 0 saturated heterocycles. The third-order valence-electron chi connectivity index (χ3n) is 13.8. The lowest BCUT2D eigenvalue weighted by atomic mass is 9.66. The summed E-state index contributed by atoms with van der Waals surface area (Å²) < 4.78 is 0. The van der Waals surface area contributed by atoms with Crippen LogP contribution < -0.4 is 0 Å². The molecule has 7 aromatic rings. The molecule has 0 amide bonds. The topological polar surface area (TPSA) is 0 Å². The molecule has 0 heterocycles. The molecule has 58 heavy (non-hydrogen) atoms. The molecule has 11 rings (SSSR count). The monoisotopic (exact) mass is 744 g/mol. The molecule has 0 aromatic heterocycles. The highest BCUT2D eigenvalue weighted by Gasteiger charge is 2.47. The average molecular weight is 745 g/mol. The SMILES string of the molecule is Cc1cc2c(c3ccccc13)-c1ccc(CC3=CC(C)C4C(=C3)CCc3ccccc34)cc1C2(c1ccc(C2=CC=CCC2)cc1)c1ccc(-c2ccccc2)cc1. The van der Waals surface area contributed by atoms with Crippen molar-refractivity contribution in [3.63, 3.8) is 0 Å². The fourth-order valence-corrected chi connectivity index (χ4v) is 11.2. The van der Waals surface area contributed by atoms with Crippen LogP contribution in [0.2, 0.25) is 0 Å². The predicted molar refractivity (Wildman–Crippen MR) is 244 cm³/mol. The van der Waals surface area contributed by atoms with Crippen molar-refractivity contribution < 1.29 is 0 Å². The summed E-state index contributed by atoms with van der Waals surface area (Å²) in [5.41, 5.74) is 21.6. The maximum Gasteiger partial charge on any atom is 0.0714 e. The van der Waals surface area contributed by atoms with E-state index in [0.717, 1.165) is 32.1 Å². The Morgan fingerprint density at radius 2 is 1.33 bits per heavy atom. The first-order chi connectivity index (χ1) is 28.6. The minimum absolute atomic E-state index is 0.472. The minimum Gasteiger partial charge on any atom is -0.0842 e. The first-order valence-electron chi connectivity index (χ1n) is 21.3. The fourth-order valence-electron chi connectivity index (χ4n) is 11.2. The second-order valence-corrected chi connectivity index (χ2v) is 17.1. The Hall–Kier alpha value is -6.24. The summed E-state index contributed by atoms with van der Waals surface area (Å²) in [5, 5.41) is 2.66. The zero-order chi connectivity index (χ0) is 38.8. The van der Waals surface area contributed by atoms with E-state index in [1.165, 1.54) is 94.2 Å². The summed E-state index contributed by atoms with van der Waals surface area (Å²) in [5.74, 6) is 0.967. The van der Waals surface area contributed by atoms with Crippen molar-refractivity contribution in [1.29, 1.82) is 0 Å². The van der Waals surface area contributed by atoms with Crippen molar-refractivity contribution in [2.24, 2.45) is 5.92 Å². The highest BCUT2D eigenvalue weighted by molar-refractivity contribution is 6.05. The van der Waals surface area contributed by atoms with Crippen LogP contribution in [0.1, 0.15) is 82.2 Å². The molecule has 0 saturated carbocycles. The van der Waals surface area contributed by atoms with Crippen LogP contribution >= 0.6 is 0 Å². The van der Waals surface area contributed by atoms with Crippen molar-refractivity contribution in [2.45, 2.75) is 57.3 Å². The number of fused-ring (bicyclic) bond motifs is 8. The zero-order valence-corrected chi connectivity index (χ0v) is 33.5. The Balaban J connectivity index is 1.11. The van der Waals surface area contributed by atoms with Crippen LogP contribution in [0.5, 0.6) is 0 Å². The van der Waals surface area contributed by atoms with Gasteiger partial charge in [0.1, 0.15) is 0 Å². The second kappa shape index (κ2) is 14.0. The number of rotatable bonds is 6. The van der Waals surface area contributed by atoms with Gasteiger partial charge >= 0.3 is 0 Å². The first-order valence-corrected chi connectivity index (χ1v) is 21.3. The summed E-state index contributed by atoms with van der Waals surface area (Å²) in [6.07, 6.45) is 17.3. The molecule has 0 aliphatic heterocycles. The van der Waals surface area contributed by atoms with Gasteiger partial charge in [0.05, 0.1) is 5.41 Å². The molecule has 0 spiro atoms. The van der Waals surface area contributed by atoms with E-state index in [1.54, 1.807) is 5.57 Å². The fraction of sp³-hybridized carbons (Fsp3) is 0.172. The lowest BCUT2D eigenvalue weighted by Crippen LogP contribution is -2.29. The zero-order valence-electron chi connectivity index (χ0n) is 33.5. The van der Waals surface area contributed by atoms with E-state index in [0.29, 0.717) is 11.8 Å². The van der Waals surface area contributed by atoms with E-state index < -0.39 is 5.41 Å². The third-order valence-corrected chi connectivity index (χ3v) is 13.8. The van der Waals surface area contributed by atoms with Gasteiger partial charge in [0, 0.05) is 5.92 Å². The van der Waals surface area contributed by atoms with Gasteiger partial charge in [-0.05, 0) is 139 Å². The van der Waals surface area contributed by atoms with E-state index in [1.807, 2.05) is 0 Å². The minimum atomic E-state index is -0.505. The smallest absolute Gasteiger partial charge is 0.0714 e. The Labute approximate surface area is 343 Å². The molecule has 280 valence electrons. The number of allylic oxidation sites excluding steroid dienone is 8. The van der Waals surface area contributed by atoms with Gasteiger partial charge in [-0.25, -0.2) is 0 Å². The number of benzene rings is 7. The molecule has 0 heteroatoms. The van der Waals surface area contributed by atoms with Crippen LogP contribution in [0.4, 0.5) is 0 Å². The molecule has 0 fully saturated rings. The summed E-state index contributed by atoms with van der Waals surface area (Å²) in [6.45, 7) is 4.73. The molecule has 4 aliphatic carbocycles. The molecule has 4 aliphatic rings. The molecule has 0 nitrogen and oxygen atoms in total. The molecule has 3 unspecified atom stereocenters. The van der Waals surface area contributed by atoms with Gasteiger partial charge in [-0.2, -0.15) is 0 Å². The van der Waals surface area contributed by atoms with Gasteiger partial charge in [0.15, 0.2) is 0 Å². The van der Waals surface area contributed by atoms with Gasteiger partial charge in [0.2, 0.25) is 0 Å². The van der Waals surface area contributed by atoms with Crippen molar-refractivity contribution in [3.8, 4) is 22.3 Å². The van der Waals surface area contributed by atoms with Gasteiger partial charge < -0.3 is 0 Å². The number of aryl methyl sites for hydroxylation is 2. The largest absolute Gasteiger partial charge is 0.0842 e. The second-order valence-electron chi connectivity index (χ2n) is 17.1. The van der Waals surface area contributed by atoms with E-state index in [4.69, 9.17) is 0 Å². The van der Waals surface area contributed by atoms with Gasteiger partial charge in [-0.1, -0.05) is 195 Å². The Bertz CT molecular complexity index is 2860. The lowest BCUT2D eigenvalue weighted by Gasteiger charge is -2.35. The summed E-state index contributed by atoms with van der Waals surface area (Å²) in [6, 6.07) is 58.1. The van der Waals surface area contributed by atoms with Crippen molar-refractivity contribution >= 4 is 16.3 Å². The molecule has 0 bridgehead atoms. The van der Waals surface area contributed by atoms with Crippen LogP contribution in [-0.2, 0) is 18.3 Å². The van der Waals surface area contributed by atoms with Crippen molar-refractivity contribution in [3.05, 3.63) is 243 Å². The standard InChI is InChI=1S/C58H48/c1-38-34-55-57(52-20-12-11-18-50(38)52)53-32-21-40(35-41-33-39(2)56-47(36-41)23-22-46-17-9-10-19-51(46)56)37-54(53)58(55,48-28-24-44(25-29-48)42-13-5-3-6-14-42)49-30-26-45(27-31-49)43-15-7-4-8-16-43/h3-7,9-15,17-21,24-34,36-37,39,56H,8,16,22-23,35H2,1-2H3. The summed E-state index contributed by atoms with van der Waals surface area (Å²) in [4.78, 5) is 0. The molecule has 0 N–H and O–H groups in total. The molecular formula is C58H48. The molecule has 0 radical (unpaired) electrons. The summed E-state index contributed by atoms with van der Waals surface area (Å²) >= 11 is 0. The quantitative estimate of drug-likeness (QED) is 0.159. The Morgan fingerprint density at radius 1 is 0.621 bits per heavy atom. The predicted octanol–water partition coefficient (Wildman–Crippen LogP) is 14.7. The highest BCUT2D eigenvalue weighted by atomic mass is 14.5. The van der Waals surface area contributed by atoms with Crippen molar-refractivity contribution in [2.75, 3.05) is 0 Å². The normalized spacial score (nSPS) is 20.3. The number of hydrogen-bond acceptors (Lipinski definition) is 0.